The van der Waals surface area contributed by atoms with Crippen LogP contribution in [0.4, 0.5) is 0 Å². The lowest BCUT2D eigenvalue weighted by Crippen LogP contribution is -2.35. The maximum Gasteiger partial charge on any atom is 0.342 e. The van der Waals surface area contributed by atoms with Gasteiger partial charge in [0.1, 0.15) is 5.75 Å². The number of hydrogen-bond donors (Lipinski definition) is 1. The van der Waals surface area contributed by atoms with Gasteiger partial charge in [0.05, 0.1) is 24.2 Å². The number of methoxy groups -OCH3 is 1. The lowest BCUT2D eigenvalue weighted by molar-refractivity contribution is -0.136. The Morgan fingerprint density at radius 1 is 1.24 bits per heavy atom. The third-order valence-electron chi connectivity index (χ3n) is 3.82. The van der Waals surface area contributed by atoms with Crippen molar-refractivity contribution in [3.63, 3.8) is 0 Å². The van der Waals surface area contributed by atoms with Crippen LogP contribution in [-0.2, 0) is 14.3 Å². The standard InChI is InChI=1S/C16H15NO4/c1-8-12(15(18)20-3)14-10-6-4-5-7-11(10)21-16(19)13(14)9(2)17-8/h4-7,14,17H,1-3H3/t14-/m0/s1. The van der Waals surface area contributed by atoms with Crippen LogP contribution < -0.4 is 10.1 Å². The zero-order valence-corrected chi connectivity index (χ0v) is 12.0. The highest BCUT2D eigenvalue weighted by molar-refractivity contribution is 6.02. The summed E-state index contributed by atoms with van der Waals surface area (Å²) in [4.78, 5) is 24.4. The van der Waals surface area contributed by atoms with Crippen molar-refractivity contribution in [1.29, 1.82) is 0 Å². The van der Waals surface area contributed by atoms with Crippen LogP contribution in [0, 0.1) is 0 Å². The van der Waals surface area contributed by atoms with Gasteiger partial charge in [0.2, 0.25) is 0 Å². The Hall–Kier alpha value is -2.56. The number of rotatable bonds is 1. The number of dihydropyridines is 1. The first kappa shape index (κ1) is 13.4. The summed E-state index contributed by atoms with van der Waals surface area (Å²) in [5.74, 6) is -0.839. The largest absolute Gasteiger partial charge is 0.466 e. The highest BCUT2D eigenvalue weighted by atomic mass is 16.5. The van der Waals surface area contributed by atoms with Gasteiger partial charge in [-0.05, 0) is 19.9 Å². The molecule has 2 heterocycles. The summed E-state index contributed by atoms with van der Waals surface area (Å²) in [6.45, 7) is 3.60. The van der Waals surface area contributed by atoms with E-state index in [2.05, 4.69) is 5.32 Å². The summed E-state index contributed by atoms with van der Waals surface area (Å²) in [6.07, 6.45) is 0. The van der Waals surface area contributed by atoms with Gasteiger partial charge >= 0.3 is 11.9 Å². The minimum absolute atomic E-state index is 0.433. The molecule has 0 saturated heterocycles. The molecule has 0 unspecified atom stereocenters. The van der Waals surface area contributed by atoms with Crippen LogP contribution in [0.3, 0.4) is 0 Å². The van der Waals surface area contributed by atoms with Gasteiger partial charge in [0.15, 0.2) is 0 Å². The van der Waals surface area contributed by atoms with Gasteiger partial charge in [-0.2, -0.15) is 0 Å². The van der Waals surface area contributed by atoms with Crippen LogP contribution >= 0.6 is 0 Å². The summed E-state index contributed by atoms with van der Waals surface area (Å²) < 4.78 is 10.2. The third-order valence-corrected chi connectivity index (χ3v) is 3.82. The second-order valence-corrected chi connectivity index (χ2v) is 5.05. The van der Waals surface area contributed by atoms with Gasteiger partial charge in [-0.3, -0.25) is 0 Å². The Balaban J connectivity index is 2.26. The summed E-state index contributed by atoms with van der Waals surface area (Å²) >= 11 is 0. The van der Waals surface area contributed by atoms with Gasteiger partial charge < -0.3 is 14.8 Å². The average Bonchev–Trinajstić information content (AvgIpc) is 2.46. The van der Waals surface area contributed by atoms with Crippen LogP contribution in [0.2, 0.25) is 0 Å². The maximum absolute atomic E-state index is 12.3. The van der Waals surface area contributed by atoms with Crippen molar-refractivity contribution in [3.8, 4) is 5.75 Å². The maximum atomic E-state index is 12.3. The normalized spacial score (nSPS) is 20.3. The second-order valence-electron chi connectivity index (χ2n) is 5.05. The molecule has 2 aliphatic heterocycles. The van der Waals surface area contributed by atoms with E-state index in [1.165, 1.54) is 7.11 Å². The minimum Gasteiger partial charge on any atom is -0.466 e. The van der Waals surface area contributed by atoms with Gasteiger partial charge in [-0.25, -0.2) is 9.59 Å². The molecule has 0 saturated carbocycles. The molecule has 5 heteroatoms. The van der Waals surface area contributed by atoms with Gasteiger partial charge in [-0.1, -0.05) is 18.2 Å². The van der Waals surface area contributed by atoms with E-state index in [9.17, 15) is 9.59 Å². The molecular weight excluding hydrogens is 270 g/mol. The molecule has 108 valence electrons. The van der Waals surface area contributed by atoms with Crippen molar-refractivity contribution < 1.29 is 19.1 Å². The molecule has 0 aromatic heterocycles. The number of allylic oxidation sites excluding steroid dienone is 2. The Bertz CT molecular complexity index is 715. The molecule has 0 radical (unpaired) electrons. The van der Waals surface area contributed by atoms with Gasteiger partial charge in [0, 0.05) is 17.0 Å². The first-order valence-corrected chi connectivity index (χ1v) is 6.62. The highest BCUT2D eigenvalue weighted by Crippen LogP contribution is 2.45. The number of ether oxygens (including phenoxy) is 2. The molecule has 0 amide bonds. The first-order valence-electron chi connectivity index (χ1n) is 6.62. The van der Waals surface area contributed by atoms with Crippen LogP contribution in [0.15, 0.2) is 46.8 Å². The number of fused-ring (bicyclic) bond motifs is 3. The van der Waals surface area contributed by atoms with Crippen molar-refractivity contribution >= 4 is 11.9 Å². The molecule has 1 aromatic rings. The number of benzene rings is 1. The molecule has 3 rings (SSSR count). The highest BCUT2D eigenvalue weighted by Gasteiger charge is 2.42. The van der Waals surface area contributed by atoms with Crippen LogP contribution in [0.25, 0.3) is 0 Å². The molecule has 5 nitrogen and oxygen atoms in total. The predicted octanol–water partition coefficient (Wildman–Crippen LogP) is 2.01. The van der Waals surface area contributed by atoms with Crippen LogP contribution in [0.1, 0.15) is 25.3 Å². The summed E-state index contributed by atoms with van der Waals surface area (Å²) in [7, 11) is 1.33. The molecule has 0 fully saturated rings. The van der Waals surface area contributed by atoms with E-state index < -0.39 is 17.9 Å². The van der Waals surface area contributed by atoms with Crippen molar-refractivity contribution in [3.05, 3.63) is 52.4 Å². The molecule has 21 heavy (non-hydrogen) atoms. The fourth-order valence-electron chi connectivity index (χ4n) is 2.92. The van der Waals surface area contributed by atoms with E-state index in [4.69, 9.17) is 9.47 Å². The molecule has 1 atom stereocenters. The molecule has 2 aliphatic rings. The Morgan fingerprint density at radius 3 is 2.67 bits per heavy atom. The zero-order valence-electron chi connectivity index (χ0n) is 12.0. The summed E-state index contributed by atoms with van der Waals surface area (Å²) in [5.41, 5.74) is 3.09. The van der Waals surface area contributed by atoms with Gasteiger partial charge in [0.25, 0.3) is 0 Å². The Kier molecular flexibility index (Phi) is 3.05. The lowest BCUT2D eigenvalue weighted by Gasteiger charge is -2.33. The predicted molar refractivity (Wildman–Crippen MR) is 75.4 cm³/mol. The number of hydrogen-bond acceptors (Lipinski definition) is 5. The molecule has 1 aromatic carbocycles. The topological polar surface area (TPSA) is 64.6 Å². The van der Waals surface area contributed by atoms with E-state index >= 15 is 0 Å². The minimum atomic E-state index is -0.448. The molecule has 0 aliphatic carbocycles. The summed E-state index contributed by atoms with van der Waals surface area (Å²) in [6, 6.07) is 7.24. The number of carbonyl (C=O) groups is 2. The van der Waals surface area contributed by atoms with Crippen LogP contribution in [0.5, 0.6) is 5.75 Å². The zero-order chi connectivity index (χ0) is 15.1. The van der Waals surface area contributed by atoms with Crippen molar-refractivity contribution in [1.82, 2.24) is 5.32 Å². The van der Waals surface area contributed by atoms with Crippen molar-refractivity contribution in [2.24, 2.45) is 0 Å². The van der Waals surface area contributed by atoms with Crippen LogP contribution in [-0.4, -0.2) is 19.0 Å². The van der Waals surface area contributed by atoms with E-state index in [-0.39, 0.29) is 0 Å². The SMILES string of the molecule is COC(=O)C1=C(C)NC(C)=C2C(=O)Oc3ccccc3[C@@H]12. The van der Waals surface area contributed by atoms with E-state index in [0.717, 1.165) is 5.56 Å². The Labute approximate surface area is 122 Å². The fourth-order valence-corrected chi connectivity index (χ4v) is 2.92. The number of nitrogens with one attached hydrogen (secondary N) is 1. The lowest BCUT2D eigenvalue weighted by atomic mass is 9.79. The first-order chi connectivity index (χ1) is 10.0. The molecular formula is C16H15NO4. The fraction of sp³-hybridized carbons (Fsp3) is 0.250. The monoisotopic (exact) mass is 285 g/mol. The Morgan fingerprint density at radius 2 is 1.95 bits per heavy atom. The molecule has 1 N–H and O–H groups in total. The van der Waals surface area contributed by atoms with Crippen molar-refractivity contribution in [2.45, 2.75) is 19.8 Å². The number of carbonyl (C=O) groups excluding carboxylic acids is 2. The molecule has 0 bridgehead atoms. The third kappa shape index (κ3) is 1.93. The van der Waals surface area contributed by atoms with Crippen molar-refractivity contribution in [2.75, 3.05) is 7.11 Å². The average molecular weight is 285 g/mol. The smallest absolute Gasteiger partial charge is 0.342 e. The number of para-hydroxylation sites is 1. The van der Waals surface area contributed by atoms with E-state index in [1.807, 2.05) is 12.1 Å². The quantitative estimate of drug-likeness (QED) is 0.631. The second kappa shape index (κ2) is 4.77. The number of esters is 2. The summed E-state index contributed by atoms with van der Waals surface area (Å²) in [5, 5.41) is 3.06. The van der Waals surface area contributed by atoms with E-state index in [0.29, 0.717) is 28.3 Å². The van der Waals surface area contributed by atoms with E-state index in [1.54, 1.807) is 26.0 Å². The molecule has 0 spiro atoms. The van der Waals surface area contributed by atoms with Gasteiger partial charge in [-0.15, -0.1) is 0 Å².